The SMILES string of the molecule is CC(C)C1CC(NCC(C)N2CCCCC2)C1. The van der Waals surface area contributed by atoms with E-state index in [0.29, 0.717) is 0 Å². The molecule has 100 valence electrons. The minimum absolute atomic E-state index is 0.730. The number of hydrogen-bond acceptors (Lipinski definition) is 2. The lowest BCUT2D eigenvalue weighted by Crippen LogP contribution is -2.49. The summed E-state index contributed by atoms with van der Waals surface area (Å²) in [5.74, 6) is 1.87. The summed E-state index contributed by atoms with van der Waals surface area (Å²) in [5, 5.41) is 3.76. The van der Waals surface area contributed by atoms with Gasteiger partial charge in [-0.25, -0.2) is 0 Å². The van der Waals surface area contributed by atoms with E-state index in [2.05, 4.69) is 31.0 Å². The molecule has 1 saturated carbocycles. The van der Waals surface area contributed by atoms with Crippen LogP contribution < -0.4 is 5.32 Å². The van der Waals surface area contributed by atoms with Crippen molar-refractivity contribution in [3.05, 3.63) is 0 Å². The summed E-state index contributed by atoms with van der Waals surface area (Å²) in [5.41, 5.74) is 0. The fourth-order valence-corrected chi connectivity index (χ4v) is 3.20. The summed E-state index contributed by atoms with van der Waals surface area (Å²) in [4.78, 5) is 2.66. The second-order valence-corrected chi connectivity index (χ2v) is 6.53. The lowest BCUT2D eigenvalue weighted by atomic mass is 9.73. The molecule has 0 bridgehead atoms. The van der Waals surface area contributed by atoms with Gasteiger partial charge in [0.2, 0.25) is 0 Å². The largest absolute Gasteiger partial charge is 0.312 e. The number of rotatable bonds is 5. The quantitative estimate of drug-likeness (QED) is 0.792. The van der Waals surface area contributed by atoms with Gasteiger partial charge in [-0.3, -0.25) is 4.90 Å². The van der Waals surface area contributed by atoms with Crippen LogP contribution in [0.4, 0.5) is 0 Å². The van der Waals surface area contributed by atoms with Crippen LogP contribution in [0.3, 0.4) is 0 Å². The third-order valence-corrected chi connectivity index (χ3v) is 4.83. The molecule has 2 aliphatic rings. The molecule has 1 N–H and O–H groups in total. The fraction of sp³-hybridized carbons (Fsp3) is 1.00. The van der Waals surface area contributed by atoms with Crippen LogP contribution >= 0.6 is 0 Å². The second-order valence-electron chi connectivity index (χ2n) is 6.53. The zero-order valence-corrected chi connectivity index (χ0v) is 11.9. The van der Waals surface area contributed by atoms with Gasteiger partial charge < -0.3 is 5.32 Å². The summed E-state index contributed by atoms with van der Waals surface area (Å²) in [6.07, 6.45) is 7.07. The van der Waals surface area contributed by atoms with Gasteiger partial charge in [0, 0.05) is 18.6 Å². The van der Waals surface area contributed by atoms with Gasteiger partial charge in [0.15, 0.2) is 0 Å². The molecule has 2 heteroatoms. The van der Waals surface area contributed by atoms with Crippen LogP contribution in [0.15, 0.2) is 0 Å². The first-order valence-corrected chi connectivity index (χ1v) is 7.64. The predicted molar refractivity (Wildman–Crippen MR) is 74.2 cm³/mol. The molecule has 1 aliphatic carbocycles. The second kappa shape index (κ2) is 6.19. The lowest BCUT2D eigenvalue weighted by molar-refractivity contribution is 0.136. The van der Waals surface area contributed by atoms with E-state index in [4.69, 9.17) is 0 Å². The molecule has 0 spiro atoms. The van der Waals surface area contributed by atoms with E-state index < -0.39 is 0 Å². The molecular weight excluding hydrogens is 208 g/mol. The maximum atomic E-state index is 3.76. The summed E-state index contributed by atoms with van der Waals surface area (Å²) >= 11 is 0. The summed E-state index contributed by atoms with van der Waals surface area (Å²) < 4.78 is 0. The van der Waals surface area contributed by atoms with Gasteiger partial charge in [0.25, 0.3) is 0 Å². The molecule has 0 aromatic rings. The third kappa shape index (κ3) is 3.69. The molecule has 1 heterocycles. The number of nitrogens with zero attached hydrogens (tertiary/aromatic N) is 1. The van der Waals surface area contributed by atoms with E-state index >= 15 is 0 Å². The van der Waals surface area contributed by atoms with Crippen molar-refractivity contribution in [3.8, 4) is 0 Å². The van der Waals surface area contributed by atoms with E-state index in [9.17, 15) is 0 Å². The molecule has 1 unspecified atom stereocenters. The van der Waals surface area contributed by atoms with E-state index in [1.807, 2.05) is 0 Å². The van der Waals surface area contributed by atoms with Crippen molar-refractivity contribution in [1.82, 2.24) is 10.2 Å². The average Bonchev–Trinajstić information content (AvgIpc) is 2.27. The van der Waals surface area contributed by atoms with Gasteiger partial charge in [-0.15, -0.1) is 0 Å². The van der Waals surface area contributed by atoms with E-state index in [1.165, 1.54) is 51.7 Å². The van der Waals surface area contributed by atoms with Gasteiger partial charge in [-0.05, 0) is 57.5 Å². The fourth-order valence-electron chi connectivity index (χ4n) is 3.20. The molecule has 0 amide bonds. The Morgan fingerprint density at radius 2 is 1.71 bits per heavy atom. The molecular formula is C15H30N2. The van der Waals surface area contributed by atoms with Gasteiger partial charge in [-0.2, -0.15) is 0 Å². The molecule has 2 rings (SSSR count). The van der Waals surface area contributed by atoms with Crippen molar-refractivity contribution < 1.29 is 0 Å². The van der Waals surface area contributed by atoms with Crippen LogP contribution in [0.5, 0.6) is 0 Å². The topological polar surface area (TPSA) is 15.3 Å². The zero-order chi connectivity index (χ0) is 12.3. The Kier molecular flexibility index (Phi) is 4.87. The van der Waals surface area contributed by atoms with Crippen LogP contribution in [0, 0.1) is 11.8 Å². The highest BCUT2D eigenvalue weighted by Crippen LogP contribution is 2.33. The highest BCUT2D eigenvalue weighted by atomic mass is 15.2. The Labute approximate surface area is 107 Å². The van der Waals surface area contributed by atoms with Crippen molar-refractivity contribution in [2.45, 2.75) is 65.0 Å². The molecule has 0 aromatic heterocycles. The number of nitrogens with one attached hydrogen (secondary N) is 1. The van der Waals surface area contributed by atoms with Crippen LogP contribution in [-0.4, -0.2) is 36.6 Å². The first-order valence-electron chi connectivity index (χ1n) is 7.64. The molecule has 2 nitrogen and oxygen atoms in total. The molecule has 0 radical (unpaired) electrons. The van der Waals surface area contributed by atoms with E-state index in [1.54, 1.807) is 0 Å². The lowest BCUT2D eigenvalue weighted by Gasteiger charge is -2.40. The van der Waals surface area contributed by atoms with Crippen LogP contribution in [0.25, 0.3) is 0 Å². The summed E-state index contributed by atoms with van der Waals surface area (Å²) in [6.45, 7) is 10.9. The van der Waals surface area contributed by atoms with Crippen molar-refractivity contribution in [3.63, 3.8) is 0 Å². The Morgan fingerprint density at radius 3 is 2.29 bits per heavy atom. The van der Waals surface area contributed by atoms with E-state index in [0.717, 1.165) is 23.9 Å². The van der Waals surface area contributed by atoms with Crippen molar-refractivity contribution in [2.24, 2.45) is 11.8 Å². The Morgan fingerprint density at radius 1 is 1.06 bits per heavy atom. The molecule has 0 aromatic carbocycles. The molecule has 17 heavy (non-hydrogen) atoms. The maximum Gasteiger partial charge on any atom is 0.0192 e. The van der Waals surface area contributed by atoms with Gasteiger partial charge in [0.1, 0.15) is 0 Å². The Balaban J connectivity index is 1.59. The summed E-state index contributed by atoms with van der Waals surface area (Å²) in [7, 11) is 0. The molecule has 2 fully saturated rings. The minimum atomic E-state index is 0.730. The summed E-state index contributed by atoms with van der Waals surface area (Å²) in [6, 6.07) is 1.54. The smallest absolute Gasteiger partial charge is 0.0192 e. The highest BCUT2D eigenvalue weighted by Gasteiger charge is 2.31. The monoisotopic (exact) mass is 238 g/mol. The molecule has 1 saturated heterocycles. The standard InChI is InChI=1S/C15H30N2/c1-12(2)14-9-15(10-14)16-11-13(3)17-7-5-4-6-8-17/h12-16H,4-11H2,1-3H3. The first-order chi connectivity index (χ1) is 8.16. The third-order valence-electron chi connectivity index (χ3n) is 4.83. The van der Waals surface area contributed by atoms with Crippen molar-refractivity contribution in [1.29, 1.82) is 0 Å². The predicted octanol–water partition coefficient (Wildman–Crippen LogP) is 2.89. The average molecular weight is 238 g/mol. The molecule has 1 aliphatic heterocycles. The van der Waals surface area contributed by atoms with Gasteiger partial charge in [0.05, 0.1) is 0 Å². The zero-order valence-electron chi connectivity index (χ0n) is 11.9. The van der Waals surface area contributed by atoms with E-state index in [-0.39, 0.29) is 0 Å². The maximum absolute atomic E-state index is 3.76. The number of hydrogen-bond donors (Lipinski definition) is 1. The first kappa shape index (κ1) is 13.4. The van der Waals surface area contributed by atoms with Crippen LogP contribution in [-0.2, 0) is 0 Å². The molecule has 1 atom stereocenters. The van der Waals surface area contributed by atoms with Crippen LogP contribution in [0.1, 0.15) is 52.9 Å². The van der Waals surface area contributed by atoms with Gasteiger partial charge in [-0.1, -0.05) is 20.3 Å². The van der Waals surface area contributed by atoms with Crippen molar-refractivity contribution in [2.75, 3.05) is 19.6 Å². The van der Waals surface area contributed by atoms with Crippen molar-refractivity contribution >= 4 is 0 Å². The highest BCUT2D eigenvalue weighted by molar-refractivity contribution is 4.87. The van der Waals surface area contributed by atoms with Crippen LogP contribution in [0.2, 0.25) is 0 Å². The minimum Gasteiger partial charge on any atom is -0.312 e. The van der Waals surface area contributed by atoms with Gasteiger partial charge >= 0.3 is 0 Å². The number of piperidine rings is 1. The number of likely N-dealkylation sites (tertiary alicyclic amines) is 1. The normalized spacial score (nSPS) is 32.5. The Bertz CT molecular complexity index is 215. The Hall–Kier alpha value is -0.0800.